The van der Waals surface area contributed by atoms with Gasteiger partial charge < -0.3 is 9.84 Å². The number of phenols is 1. The van der Waals surface area contributed by atoms with Crippen molar-refractivity contribution in [3.63, 3.8) is 0 Å². The molecule has 2 N–H and O–H groups in total. The van der Waals surface area contributed by atoms with Gasteiger partial charge in [0.2, 0.25) is 11.8 Å². The average Bonchev–Trinajstić information content (AvgIpc) is 3.51. The lowest BCUT2D eigenvalue weighted by Gasteiger charge is -2.50. The first-order chi connectivity index (χ1) is 24.5. The number of allylic oxidation sites excluding steroid dienone is 2. The maximum atomic E-state index is 15.2. The highest BCUT2D eigenvalue weighted by atomic mass is 127. The molecule has 4 aromatic carbocycles. The molecule has 4 aromatic rings. The predicted molar refractivity (Wildman–Crippen MR) is 195 cm³/mol. The van der Waals surface area contributed by atoms with Crippen LogP contribution in [0.2, 0.25) is 5.02 Å². The van der Waals surface area contributed by atoms with E-state index in [4.69, 9.17) is 16.3 Å². The number of hydrazine groups is 1. The van der Waals surface area contributed by atoms with Gasteiger partial charge in [0, 0.05) is 20.1 Å². The van der Waals surface area contributed by atoms with E-state index in [-0.39, 0.29) is 30.4 Å². The highest BCUT2D eigenvalue weighted by Gasteiger charge is 2.70. The molecule has 0 bridgehead atoms. The molecule has 51 heavy (non-hydrogen) atoms. The molecule has 0 radical (unpaired) electrons. The smallest absolute Gasteiger partial charge is 0.260 e. The third-order valence-electron chi connectivity index (χ3n) is 10.9. The molecule has 3 fully saturated rings. The molecule has 2 heterocycles. The number of nitrogens with one attached hydrogen (secondary N) is 1. The summed E-state index contributed by atoms with van der Waals surface area (Å²) in [6.07, 6.45) is 2.21. The van der Waals surface area contributed by atoms with Crippen LogP contribution in [0.1, 0.15) is 29.9 Å². The molecule has 0 spiro atoms. The second kappa shape index (κ2) is 12.5. The van der Waals surface area contributed by atoms with Crippen LogP contribution in [-0.2, 0) is 24.6 Å². The van der Waals surface area contributed by atoms with Crippen LogP contribution in [-0.4, -0.2) is 40.9 Å². The molecule has 8 rings (SSSR count). The lowest BCUT2D eigenvalue weighted by Crippen LogP contribution is -2.53. The van der Waals surface area contributed by atoms with Crippen molar-refractivity contribution in [2.45, 2.75) is 24.2 Å². The van der Waals surface area contributed by atoms with Crippen LogP contribution in [0, 0.1) is 33.1 Å². The van der Waals surface area contributed by atoms with Gasteiger partial charge in [0.25, 0.3) is 11.8 Å². The van der Waals surface area contributed by atoms with Gasteiger partial charge in [-0.05, 0) is 126 Å². The Morgan fingerprint density at radius 1 is 0.902 bits per heavy atom. The van der Waals surface area contributed by atoms with E-state index in [2.05, 4.69) is 28.0 Å². The molecule has 2 saturated heterocycles. The van der Waals surface area contributed by atoms with Gasteiger partial charge in [0.05, 0.1) is 41.7 Å². The highest BCUT2D eigenvalue weighted by molar-refractivity contribution is 14.1. The minimum atomic E-state index is -1.63. The van der Waals surface area contributed by atoms with E-state index < -0.39 is 52.6 Å². The van der Waals surface area contributed by atoms with E-state index in [1.54, 1.807) is 48.5 Å². The second-order valence-electron chi connectivity index (χ2n) is 13.3. The van der Waals surface area contributed by atoms with Gasteiger partial charge in [-0.1, -0.05) is 35.4 Å². The van der Waals surface area contributed by atoms with E-state index in [0.717, 1.165) is 8.58 Å². The fourth-order valence-corrected chi connectivity index (χ4v) is 9.22. The normalized spacial score (nSPS) is 26.8. The Morgan fingerprint density at radius 3 is 2.29 bits per heavy atom. The summed E-state index contributed by atoms with van der Waals surface area (Å²) < 4.78 is 20.4. The molecule has 9 nitrogen and oxygen atoms in total. The third kappa shape index (κ3) is 5.07. The van der Waals surface area contributed by atoms with Crippen LogP contribution in [0.25, 0.3) is 0 Å². The second-order valence-corrected chi connectivity index (χ2v) is 15.0. The van der Waals surface area contributed by atoms with E-state index in [9.17, 15) is 23.9 Å². The van der Waals surface area contributed by atoms with Gasteiger partial charge in [-0.2, -0.15) is 5.01 Å². The molecule has 0 aromatic heterocycles. The summed E-state index contributed by atoms with van der Waals surface area (Å²) in [7, 11) is 1.49. The number of carbonyl (C=O) groups excluding carboxylic acids is 4. The van der Waals surface area contributed by atoms with Crippen molar-refractivity contribution in [3.8, 4) is 11.5 Å². The molecule has 258 valence electrons. The number of carbonyl (C=O) groups is 4. The summed E-state index contributed by atoms with van der Waals surface area (Å²) in [5.74, 6) is -6.16. The number of rotatable bonds is 6. The van der Waals surface area contributed by atoms with Gasteiger partial charge >= 0.3 is 0 Å². The van der Waals surface area contributed by atoms with Crippen molar-refractivity contribution in [1.82, 2.24) is 5.01 Å². The fourth-order valence-electron chi connectivity index (χ4n) is 8.74. The van der Waals surface area contributed by atoms with Crippen molar-refractivity contribution in [3.05, 3.63) is 128 Å². The number of anilines is 2. The zero-order valence-electron chi connectivity index (χ0n) is 27.1. The van der Waals surface area contributed by atoms with E-state index in [1.165, 1.54) is 42.3 Å². The van der Waals surface area contributed by atoms with Gasteiger partial charge in [0.1, 0.15) is 17.3 Å². The van der Waals surface area contributed by atoms with E-state index in [1.807, 2.05) is 18.2 Å². The van der Waals surface area contributed by atoms with Gasteiger partial charge in [0.15, 0.2) is 0 Å². The quantitative estimate of drug-likeness (QED) is 0.123. The zero-order valence-corrected chi connectivity index (χ0v) is 30.0. The molecule has 6 unspecified atom stereocenters. The summed E-state index contributed by atoms with van der Waals surface area (Å²) in [5, 5.41) is 13.0. The predicted octanol–water partition coefficient (Wildman–Crippen LogP) is 6.99. The van der Waals surface area contributed by atoms with Crippen molar-refractivity contribution < 1.29 is 33.4 Å². The van der Waals surface area contributed by atoms with E-state index in [0.29, 0.717) is 38.8 Å². The summed E-state index contributed by atoms with van der Waals surface area (Å²) >= 11 is 8.51. The summed E-state index contributed by atoms with van der Waals surface area (Å²) in [6, 6.07) is 23.9. The van der Waals surface area contributed by atoms with E-state index >= 15 is 4.79 Å². The number of fused-ring (bicyclic) bond motifs is 4. The van der Waals surface area contributed by atoms with Crippen LogP contribution in [0.3, 0.4) is 0 Å². The van der Waals surface area contributed by atoms with Gasteiger partial charge in [-0.3, -0.25) is 29.5 Å². The monoisotopic (exact) mass is 817 g/mol. The first kappa shape index (κ1) is 33.4. The molecular weight excluding hydrogens is 788 g/mol. The number of nitrogens with zero attached hydrogens (tertiary/aromatic N) is 2. The molecule has 2 aliphatic carbocycles. The zero-order chi connectivity index (χ0) is 35.8. The average molecular weight is 818 g/mol. The Kier molecular flexibility index (Phi) is 8.17. The first-order valence-corrected chi connectivity index (χ1v) is 17.9. The first-order valence-electron chi connectivity index (χ1n) is 16.4. The van der Waals surface area contributed by atoms with Crippen LogP contribution < -0.4 is 15.1 Å². The summed E-state index contributed by atoms with van der Waals surface area (Å²) in [6.45, 7) is 0. The molecule has 4 aliphatic rings. The number of ether oxygens (including phenoxy) is 1. The number of phenolic OH excluding ortho intramolecular Hbond substituents is 1. The maximum Gasteiger partial charge on any atom is 0.260 e. The number of hydrogen-bond donors (Lipinski definition) is 2. The van der Waals surface area contributed by atoms with Gasteiger partial charge in [-0.15, -0.1) is 0 Å². The summed E-state index contributed by atoms with van der Waals surface area (Å²) in [5.41, 5.74) is 3.57. The van der Waals surface area contributed by atoms with Crippen molar-refractivity contribution in [2.75, 3.05) is 17.4 Å². The minimum Gasteiger partial charge on any atom is -0.508 e. The number of imide groups is 2. The molecule has 4 amide bonds. The summed E-state index contributed by atoms with van der Waals surface area (Å²) in [4.78, 5) is 59.6. The Balaban J connectivity index is 1.34. The van der Waals surface area contributed by atoms with Crippen molar-refractivity contribution in [2.24, 2.45) is 23.7 Å². The Hall–Kier alpha value is -4.75. The SMILES string of the molecule is COc1ccc(O)c(C2C3=CCC4C(=O)N(c5ccc(I)cc5)C(=O)C4C3CC3C(=O)N(Nc4ccc(F)cc4)C(=O)C32c2ccc(Cl)cc2)c1. The number of aromatic hydroxyl groups is 1. The van der Waals surface area contributed by atoms with Crippen molar-refractivity contribution in [1.29, 1.82) is 0 Å². The molecule has 1 saturated carbocycles. The van der Waals surface area contributed by atoms with Crippen LogP contribution in [0.5, 0.6) is 11.5 Å². The Morgan fingerprint density at radius 2 is 1.61 bits per heavy atom. The van der Waals surface area contributed by atoms with Crippen LogP contribution >= 0.6 is 34.2 Å². The minimum absolute atomic E-state index is 0.0720. The number of methoxy groups -OCH3 is 1. The Labute approximate surface area is 311 Å². The third-order valence-corrected chi connectivity index (χ3v) is 11.9. The van der Waals surface area contributed by atoms with Crippen molar-refractivity contribution >= 4 is 69.2 Å². The topological polar surface area (TPSA) is 116 Å². The molecule has 6 atom stereocenters. The highest BCUT2D eigenvalue weighted by Crippen LogP contribution is 2.65. The maximum absolute atomic E-state index is 15.2. The lowest BCUT2D eigenvalue weighted by atomic mass is 9.49. The molecule has 2 aliphatic heterocycles. The van der Waals surface area contributed by atoms with Crippen LogP contribution in [0.4, 0.5) is 15.8 Å². The number of benzene rings is 4. The number of hydrogen-bond acceptors (Lipinski definition) is 7. The lowest BCUT2D eigenvalue weighted by molar-refractivity contribution is -0.138. The fraction of sp³-hybridized carbons (Fsp3) is 0.231. The standard InChI is InChI=1S/C39H30ClFIN3O6/c1-51-26-14-17-32(46)30(18-26)34-27-15-16-28-33(37(49)44(35(28)47)25-12-8-23(42)9-13-25)29(27)19-31-36(48)45(43-24-10-6-22(41)7-11-24)38(50)39(31,34)20-2-4-21(40)5-3-20/h2-15,17-18,28-29,31,33-34,43,46H,16,19H2,1H3. The number of halogens is 3. The molecule has 12 heteroatoms. The number of amides is 4. The van der Waals surface area contributed by atoms with Gasteiger partial charge in [-0.25, -0.2) is 4.39 Å². The largest absolute Gasteiger partial charge is 0.508 e. The Bertz CT molecular complexity index is 2140. The van der Waals surface area contributed by atoms with Crippen LogP contribution in [0.15, 0.2) is 103 Å². The molecular formula is C39H30ClFIN3O6.